The molecule has 0 fully saturated rings. The second kappa shape index (κ2) is 6.77. The Labute approximate surface area is 159 Å². The molecule has 1 aliphatic carbocycles. The summed E-state index contributed by atoms with van der Waals surface area (Å²) in [6.07, 6.45) is 1.28. The Morgan fingerprint density at radius 1 is 1.11 bits per heavy atom. The molecule has 3 aromatic rings. The third-order valence-electron chi connectivity index (χ3n) is 4.89. The molecule has 0 N–H and O–H groups in total. The molecule has 0 bridgehead atoms. The van der Waals surface area contributed by atoms with Crippen LogP contribution in [0.5, 0.6) is 0 Å². The molecule has 1 aliphatic rings. The van der Waals surface area contributed by atoms with E-state index in [1.807, 2.05) is 24.3 Å². The Bertz CT molecular complexity index is 1160. The minimum absolute atomic E-state index is 0.0782. The van der Waals surface area contributed by atoms with Crippen LogP contribution >= 0.6 is 0 Å². The first kappa shape index (κ1) is 17.7. The second-order valence-electron chi connectivity index (χ2n) is 6.40. The smallest absolute Gasteiger partial charge is 0.351 e. The van der Waals surface area contributed by atoms with Gasteiger partial charge in [-0.05, 0) is 36.1 Å². The van der Waals surface area contributed by atoms with Crippen molar-refractivity contribution in [2.75, 3.05) is 7.11 Å². The van der Waals surface area contributed by atoms with E-state index in [9.17, 15) is 19.7 Å². The monoisotopic (exact) mass is 377 g/mol. The number of non-ortho nitro benzene ring substituents is 1. The molecular formula is C21H15NO6. The number of rotatable bonds is 3. The molecule has 0 saturated carbocycles. The predicted octanol–water partition coefficient (Wildman–Crippen LogP) is 3.77. The van der Waals surface area contributed by atoms with Crippen LogP contribution in [-0.4, -0.2) is 18.0 Å². The van der Waals surface area contributed by atoms with Gasteiger partial charge in [0.1, 0.15) is 5.76 Å². The molecule has 0 radical (unpaired) electrons. The van der Waals surface area contributed by atoms with Crippen LogP contribution in [0.1, 0.15) is 21.5 Å². The van der Waals surface area contributed by atoms with Gasteiger partial charge in [0.2, 0.25) is 0 Å². The number of aryl methyl sites for hydroxylation is 1. The summed E-state index contributed by atoms with van der Waals surface area (Å²) >= 11 is 0. The van der Waals surface area contributed by atoms with E-state index in [4.69, 9.17) is 9.15 Å². The van der Waals surface area contributed by atoms with E-state index >= 15 is 0 Å². The van der Waals surface area contributed by atoms with Gasteiger partial charge in [-0.3, -0.25) is 10.1 Å². The molecule has 28 heavy (non-hydrogen) atoms. The molecule has 0 spiro atoms. The maximum atomic E-state index is 12.7. The number of nitro benzene ring substituents is 1. The standard InChI is InChI=1S/C21H15NO6/c1-27-20(23)18-17(13-6-9-14(10-7-13)22(25)26)16-11-8-12-4-2-3-5-15(12)19(16)28-21(18)24/h2-7,9-10H,8,11H2,1H3. The van der Waals surface area contributed by atoms with Gasteiger partial charge in [-0.15, -0.1) is 0 Å². The van der Waals surface area contributed by atoms with Gasteiger partial charge < -0.3 is 9.15 Å². The van der Waals surface area contributed by atoms with Crippen molar-refractivity contribution in [3.8, 4) is 22.5 Å². The zero-order chi connectivity index (χ0) is 19.8. The molecule has 2 aromatic carbocycles. The first-order chi connectivity index (χ1) is 13.5. The van der Waals surface area contributed by atoms with E-state index < -0.39 is 16.5 Å². The van der Waals surface area contributed by atoms with E-state index in [1.165, 1.54) is 31.4 Å². The van der Waals surface area contributed by atoms with Crippen LogP contribution in [0.25, 0.3) is 22.5 Å². The van der Waals surface area contributed by atoms with E-state index in [0.29, 0.717) is 28.9 Å². The first-order valence-corrected chi connectivity index (χ1v) is 8.62. The van der Waals surface area contributed by atoms with Crippen LogP contribution in [-0.2, 0) is 17.6 Å². The Morgan fingerprint density at radius 3 is 2.50 bits per heavy atom. The van der Waals surface area contributed by atoms with E-state index in [2.05, 4.69) is 0 Å². The van der Waals surface area contributed by atoms with Crippen molar-refractivity contribution in [3.63, 3.8) is 0 Å². The number of esters is 1. The molecule has 0 atom stereocenters. The number of nitrogens with zero attached hydrogens (tertiary/aromatic N) is 1. The summed E-state index contributed by atoms with van der Waals surface area (Å²) in [5.74, 6) is -0.378. The molecule has 0 aliphatic heterocycles. The van der Waals surface area contributed by atoms with Crippen LogP contribution < -0.4 is 5.63 Å². The maximum absolute atomic E-state index is 12.7. The van der Waals surface area contributed by atoms with Gasteiger partial charge in [-0.2, -0.15) is 0 Å². The SMILES string of the molecule is COC(=O)c1c(-c2ccc([N+](=O)[O-])cc2)c2c(oc1=O)-c1ccccc1CC2. The van der Waals surface area contributed by atoms with E-state index in [1.54, 1.807) is 0 Å². The summed E-state index contributed by atoms with van der Waals surface area (Å²) in [7, 11) is 1.19. The zero-order valence-corrected chi connectivity index (χ0v) is 14.9. The molecule has 0 saturated heterocycles. The van der Waals surface area contributed by atoms with E-state index in [0.717, 1.165) is 17.5 Å². The lowest BCUT2D eigenvalue weighted by Crippen LogP contribution is -2.21. The third-order valence-corrected chi connectivity index (χ3v) is 4.89. The number of benzene rings is 2. The lowest BCUT2D eigenvalue weighted by atomic mass is 9.84. The molecule has 7 heteroatoms. The number of methoxy groups -OCH3 is 1. The number of carbonyl (C=O) groups excluding carboxylic acids is 1. The highest BCUT2D eigenvalue weighted by Crippen LogP contribution is 2.39. The van der Waals surface area contributed by atoms with Crippen molar-refractivity contribution in [2.45, 2.75) is 12.8 Å². The van der Waals surface area contributed by atoms with Gasteiger partial charge in [0.05, 0.1) is 12.0 Å². The van der Waals surface area contributed by atoms with Crippen LogP contribution in [0, 0.1) is 10.1 Å². The second-order valence-corrected chi connectivity index (χ2v) is 6.40. The van der Waals surface area contributed by atoms with Gasteiger partial charge in [0, 0.05) is 28.8 Å². The average molecular weight is 377 g/mol. The number of carbonyl (C=O) groups is 1. The summed E-state index contributed by atoms with van der Waals surface area (Å²) in [5, 5.41) is 11.0. The fourth-order valence-electron chi connectivity index (χ4n) is 3.60. The number of fused-ring (bicyclic) bond motifs is 3. The normalized spacial score (nSPS) is 12.0. The minimum Gasteiger partial charge on any atom is -0.465 e. The van der Waals surface area contributed by atoms with Crippen LogP contribution in [0.15, 0.2) is 57.7 Å². The summed E-state index contributed by atoms with van der Waals surface area (Å²) in [6.45, 7) is 0. The van der Waals surface area contributed by atoms with Crippen molar-refractivity contribution in [3.05, 3.63) is 85.8 Å². The number of ether oxygens (including phenoxy) is 1. The molecule has 1 heterocycles. The Morgan fingerprint density at radius 2 is 1.82 bits per heavy atom. The number of hydrogen-bond donors (Lipinski definition) is 0. The average Bonchev–Trinajstić information content (AvgIpc) is 2.72. The summed E-state index contributed by atoms with van der Waals surface area (Å²) in [5.41, 5.74) is 2.43. The van der Waals surface area contributed by atoms with Gasteiger partial charge in [-0.25, -0.2) is 9.59 Å². The molecule has 0 unspecified atom stereocenters. The van der Waals surface area contributed by atoms with Crippen LogP contribution in [0.3, 0.4) is 0 Å². The first-order valence-electron chi connectivity index (χ1n) is 8.62. The van der Waals surface area contributed by atoms with E-state index in [-0.39, 0.29) is 11.3 Å². The molecular weight excluding hydrogens is 362 g/mol. The highest BCUT2D eigenvalue weighted by Gasteiger charge is 2.29. The van der Waals surface area contributed by atoms with Crippen molar-refractivity contribution < 1.29 is 18.9 Å². The predicted molar refractivity (Wildman–Crippen MR) is 101 cm³/mol. The minimum atomic E-state index is -0.802. The largest absolute Gasteiger partial charge is 0.465 e. The maximum Gasteiger partial charge on any atom is 0.351 e. The molecule has 140 valence electrons. The van der Waals surface area contributed by atoms with Crippen molar-refractivity contribution in [1.29, 1.82) is 0 Å². The lowest BCUT2D eigenvalue weighted by Gasteiger charge is -2.22. The fraction of sp³-hybridized carbons (Fsp3) is 0.143. The Hall–Kier alpha value is -3.74. The van der Waals surface area contributed by atoms with Gasteiger partial charge in [-0.1, -0.05) is 24.3 Å². The Kier molecular flexibility index (Phi) is 4.27. The zero-order valence-electron chi connectivity index (χ0n) is 14.9. The van der Waals surface area contributed by atoms with Crippen molar-refractivity contribution in [2.24, 2.45) is 0 Å². The highest BCUT2D eigenvalue weighted by atomic mass is 16.6. The third kappa shape index (κ3) is 2.77. The molecule has 4 rings (SSSR count). The highest BCUT2D eigenvalue weighted by molar-refractivity contribution is 5.99. The Balaban J connectivity index is 2.03. The van der Waals surface area contributed by atoms with Crippen molar-refractivity contribution in [1.82, 2.24) is 0 Å². The molecule has 0 amide bonds. The molecule has 7 nitrogen and oxygen atoms in total. The van der Waals surface area contributed by atoms with Gasteiger partial charge in [0.25, 0.3) is 5.69 Å². The summed E-state index contributed by atoms with van der Waals surface area (Å²) < 4.78 is 10.3. The van der Waals surface area contributed by atoms with Gasteiger partial charge in [0.15, 0.2) is 5.56 Å². The quantitative estimate of drug-likeness (QED) is 0.391. The van der Waals surface area contributed by atoms with Gasteiger partial charge >= 0.3 is 11.6 Å². The van der Waals surface area contributed by atoms with Crippen molar-refractivity contribution >= 4 is 11.7 Å². The topological polar surface area (TPSA) is 99.7 Å². The summed E-state index contributed by atoms with van der Waals surface area (Å²) in [6, 6.07) is 13.4. The fourth-order valence-corrected chi connectivity index (χ4v) is 3.60. The van der Waals surface area contributed by atoms with Crippen LogP contribution in [0.4, 0.5) is 5.69 Å². The number of nitro groups is 1. The van der Waals surface area contributed by atoms with Crippen LogP contribution in [0.2, 0.25) is 0 Å². The molecule has 1 aromatic heterocycles. The number of hydrogen-bond acceptors (Lipinski definition) is 6. The lowest BCUT2D eigenvalue weighted by molar-refractivity contribution is -0.384. The summed E-state index contributed by atoms with van der Waals surface area (Å²) in [4.78, 5) is 35.5.